The number of ether oxygens (including phenoxy) is 2. The summed E-state index contributed by atoms with van der Waals surface area (Å²) in [5, 5.41) is 1.07. The van der Waals surface area contributed by atoms with Gasteiger partial charge in [-0.3, -0.25) is 0 Å². The quantitative estimate of drug-likeness (QED) is 0.502. The minimum Gasteiger partial charge on any atom is -0.492 e. The average molecular weight is 510 g/mol. The van der Waals surface area contributed by atoms with Gasteiger partial charge in [0.05, 0.1) is 6.54 Å². The summed E-state index contributed by atoms with van der Waals surface area (Å²) >= 11 is 2.21. The fourth-order valence-electron chi connectivity index (χ4n) is 1.80. The summed E-state index contributed by atoms with van der Waals surface area (Å²) in [6, 6.07) is 7.55. The van der Waals surface area contributed by atoms with Crippen LogP contribution in [0.1, 0.15) is 20.8 Å². The van der Waals surface area contributed by atoms with E-state index in [0.29, 0.717) is 5.75 Å². The molecule has 0 saturated heterocycles. The number of sulfonamides is 1. The Labute approximate surface area is 175 Å². The molecule has 0 N–H and O–H groups in total. The second kappa shape index (κ2) is 10.3. The number of amides is 1. The van der Waals surface area contributed by atoms with Crippen LogP contribution in [0.3, 0.4) is 0 Å². The molecule has 7 nitrogen and oxygen atoms in total. The normalized spacial score (nSPS) is 12.4. The molecule has 0 heterocycles. The number of carbonyl (C=O) groups excluding carboxylic acids is 1. The highest BCUT2D eigenvalue weighted by atomic mass is 127. The van der Waals surface area contributed by atoms with Crippen LogP contribution in [-0.2, 0) is 14.8 Å². The van der Waals surface area contributed by atoms with Crippen LogP contribution in [0, 0.1) is 3.57 Å². The van der Waals surface area contributed by atoms with Crippen molar-refractivity contribution in [3.05, 3.63) is 39.3 Å². The Morgan fingerprint density at radius 2 is 1.78 bits per heavy atom. The number of benzene rings is 1. The zero-order valence-electron chi connectivity index (χ0n) is 16.3. The Kier molecular flexibility index (Phi) is 9.03. The average Bonchev–Trinajstić information content (AvgIpc) is 2.53. The third kappa shape index (κ3) is 9.43. The van der Waals surface area contributed by atoms with E-state index in [1.807, 2.05) is 24.3 Å². The predicted octanol–water partition coefficient (Wildman–Crippen LogP) is 3.31. The summed E-state index contributed by atoms with van der Waals surface area (Å²) in [5.41, 5.74) is -0.647. The molecule has 0 unspecified atom stereocenters. The van der Waals surface area contributed by atoms with Crippen molar-refractivity contribution >= 4 is 38.7 Å². The second-order valence-corrected chi connectivity index (χ2v) is 10.2. The Hall–Kier alpha value is -1.33. The summed E-state index contributed by atoms with van der Waals surface area (Å²) in [6.45, 7) is 5.94. The molecule has 0 aromatic heterocycles. The molecule has 9 heteroatoms. The summed E-state index contributed by atoms with van der Waals surface area (Å²) < 4.78 is 36.9. The first kappa shape index (κ1) is 23.7. The molecule has 0 radical (unpaired) electrons. The second-order valence-electron chi connectivity index (χ2n) is 6.93. The molecular weight excluding hydrogens is 483 g/mol. The highest BCUT2D eigenvalue weighted by Crippen LogP contribution is 2.14. The van der Waals surface area contributed by atoms with Crippen molar-refractivity contribution in [2.75, 3.05) is 33.8 Å². The maximum Gasteiger partial charge on any atom is 0.410 e. The molecule has 1 amide bonds. The van der Waals surface area contributed by atoms with Gasteiger partial charge in [-0.25, -0.2) is 17.5 Å². The van der Waals surface area contributed by atoms with Crippen molar-refractivity contribution in [2.45, 2.75) is 26.4 Å². The van der Waals surface area contributed by atoms with E-state index in [2.05, 4.69) is 22.6 Å². The molecule has 1 aromatic carbocycles. The monoisotopic (exact) mass is 510 g/mol. The van der Waals surface area contributed by atoms with Crippen molar-refractivity contribution in [3.63, 3.8) is 0 Å². The van der Waals surface area contributed by atoms with Crippen LogP contribution in [0.4, 0.5) is 4.79 Å². The largest absolute Gasteiger partial charge is 0.492 e. The Bertz CT molecular complexity index is 740. The van der Waals surface area contributed by atoms with Crippen LogP contribution in [0.25, 0.3) is 0 Å². The SMILES string of the molecule is CN(C)S(=O)(=O)/C=C/CN(CCOc1ccc(I)cc1)C(=O)OC(C)(C)C. The van der Waals surface area contributed by atoms with E-state index in [9.17, 15) is 13.2 Å². The predicted molar refractivity (Wildman–Crippen MR) is 114 cm³/mol. The van der Waals surface area contributed by atoms with Crippen LogP contribution in [0.15, 0.2) is 35.7 Å². The Balaban J connectivity index is 2.73. The molecule has 152 valence electrons. The first-order valence-corrected chi connectivity index (χ1v) is 10.9. The van der Waals surface area contributed by atoms with Gasteiger partial charge >= 0.3 is 6.09 Å². The lowest BCUT2D eigenvalue weighted by Crippen LogP contribution is -2.39. The van der Waals surface area contributed by atoms with Gasteiger partial charge in [-0.2, -0.15) is 0 Å². The molecule has 1 aromatic rings. The van der Waals surface area contributed by atoms with E-state index in [1.165, 1.54) is 25.1 Å². The zero-order chi connectivity index (χ0) is 20.7. The minimum atomic E-state index is -3.48. The fourth-order valence-corrected chi connectivity index (χ4v) is 2.73. The highest BCUT2D eigenvalue weighted by Gasteiger charge is 2.21. The van der Waals surface area contributed by atoms with Crippen LogP contribution in [-0.4, -0.2) is 63.1 Å². The topological polar surface area (TPSA) is 76.2 Å². The molecule has 1 rings (SSSR count). The molecule has 0 aliphatic rings. The zero-order valence-corrected chi connectivity index (χ0v) is 19.3. The van der Waals surface area contributed by atoms with E-state index in [1.54, 1.807) is 20.8 Å². The van der Waals surface area contributed by atoms with Gasteiger partial charge in [0, 0.05) is 29.6 Å². The lowest BCUT2D eigenvalue weighted by Gasteiger charge is -2.26. The van der Waals surface area contributed by atoms with Gasteiger partial charge in [-0.15, -0.1) is 0 Å². The summed E-state index contributed by atoms with van der Waals surface area (Å²) in [7, 11) is -0.591. The number of rotatable bonds is 8. The minimum absolute atomic E-state index is 0.0953. The van der Waals surface area contributed by atoms with Crippen molar-refractivity contribution in [3.8, 4) is 5.75 Å². The lowest BCUT2D eigenvalue weighted by atomic mass is 10.2. The molecule has 0 atom stereocenters. The lowest BCUT2D eigenvalue weighted by molar-refractivity contribution is 0.0249. The van der Waals surface area contributed by atoms with E-state index >= 15 is 0 Å². The van der Waals surface area contributed by atoms with Crippen molar-refractivity contribution in [1.82, 2.24) is 9.21 Å². The Morgan fingerprint density at radius 1 is 1.19 bits per heavy atom. The molecule has 0 aliphatic heterocycles. The van der Waals surface area contributed by atoms with Crippen molar-refractivity contribution < 1.29 is 22.7 Å². The van der Waals surface area contributed by atoms with Crippen molar-refractivity contribution in [1.29, 1.82) is 0 Å². The maximum absolute atomic E-state index is 12.4. The molecule has 0 spiro atoms. The number of hydrogen-bond acceptors (Lipinski definition) is 5. The van der Waals surface area contributed by atoms with Gasteiger partial charge in [-0.05, 0) is 67.6 Å². The molecule has 0 saturated carbocycles. The third-order valence-electron chi connectivity index (χ3n) is 3.20. The molecule has 0 fully saturated rings. The van der Waals surface area contributed by atoms with Crippen LogP contribution < -0.4 is 4.74 Å². The van der Waals surface area contributed by atoms with Crippen LogP contribution in [0.2, 0.25) is 0 Å². The summed E-state index contributed by atoms with van der Waals surface area (Å²) in [4.78, 5) is 13.8. The Morgan fingerprint density at radius 3 is 2.30 bits per heavy atom. The first-order valence-electron chi connectivity index (χ1n) is 8.36. The standard InChI is InChI=1S/C18H27IN2O5S/c1-18(2,3)26-17(22)21(11-6-14-27(23,24)20(4)5)12-13-25-16-9-7-15(19)8-10-16/h6-10,14H,11-13H2,1-5H3/b14-6+. The van der Waals surface area contributed by atoms with Gasteiger partial charge < -0.3 is 14.4 Å². The van der Waals surface area contributed by atoms with Gasteiger partial charge in [0.25, 0.3) is 0 Å². The van der Waals surface area contributed by atoms with Crippen molar-refractivity contribution in [2.24, 2.45) is 0 Å². The molecule has 0 aliphatic carbocycles. The molecular formula is C18H27IN2O5S. The van der Waals surface area contributed by atoms with Crippen LogP contribution >= 0.6 is 22.6 Å². The van der Waals surface area contributed by atoms with Crippen LogP contribution in [0.5, 0.6) is 5.75 Å². The number of nitrogens with zero attached hydrogens (tertiary/aromatic N) is 2. The van der Waals surface area contributed by atoms with E-state index in [4.69, 9.17) is 9.47 Å². The van der Waals surface area contributed by atoms with Gasteiger partial charge in [0.2, 0.25) is 10.0 Å². The van der Waals surface area contributed by atoms with E-state index in [0.717, 1.165) is 13.3 Å². The maximum atomic E-state index is 12.4. The summed E-state index contributed by atoms with van der Waals surface area (Å²) in [5.74, 6) is 0.699. The number of halogens is 1. The van der Waals surface area contributed by atoms with E-state index in [-0.39, 0.29) is 19.7 Å². The summed E-state index contributed by atoms with van der Waals surface area (Å²) in [6.07, 6.45) is 0.894. The number of hydrogen-bond donors (Lipinski definition) is 0. The molecule has 0 bridgehead atoms. The highest BCUT2D eigenvalue weighted by molar-refractivity contribution is 14.1. The van der Waals surface area contributed by atoms with E-state index < -0.39 is 21.7 Å². The fraction of sp³-hybridized carbons (Fsp3) is 0.500. The first-order chi connectivity index (χ1) is 12.4. The third-order valence-corrected chi connectivity index (χ3v) is 5.47. The molecule has 27 heavy (non-hydrogen) atoms. The van der Waals surface area contributed by atoms with Gasteiger partial charge in [0.1, 0.15) is 18.0 Å². The smallest absolute Gasteiger partial charge is 0.410 e. The number of carbonyl (C=O) groups is 1. The van der Waals surface area contributed by atoms with Gasteiger partial charge in [-0.1, -0.05) is 6.08 Å². The van der Waals surface area contributed by atoms with Gasteiger partial charge in [0.15, 0.2) is 0 Å².